The van der Waals surface area contributed by atoms with Gasteiger partial charge < -0.3 is 13.3 Å². The molecule has 6 aromatic heterocycles. The molecule has 36 heavy (non-hydrogen) atoms. The summed E-state index contributed by atoms with van der Waals surface area (Å²) in [6.45, 7) is 0. The molecule has 0 spiro atoms. The summed E-state index contributed by atoms with van der Waals surface area (Å²) in [7, 11) is 0. The van der Waals surface area contributed by atoms with Crippen LogP contribution in [0.2, 0.25) is 0 Å². The number of hydrogen-bond donors (Lipinski definition) is 0. The Balaban J connectivity index is 1.78. The van der Waals surface area contributed by atoms with Gasteiger partial charge in [0.25, 0.3) is 0 Å². The van der Waals surface area contributed by atoms with Gasteiger partial charge >= 0.3 is 0 Å². The number of rotatable bonds is 0. The smallest absolute Gasteiger partial charge is 0.143 e. The van der Waals surface area contributed by atoms with Gasteiger partial charge in [0.15, 0.2) is 0 Å². The lowest BCUT2D eigenvalue weighted by molar-refractivity contribution is 0.619. The van der Waals surface area contributed by atoms with E-state index in [0.29, 0.717) is 0 Å². The molecule has 10 rings (SSSR count). The number of benzene rings is 4. The lowest BCUT2D eigenvalue weighted by atomic mass is 9.88. The Kier molecular flexibility index (Phi) is 3.12. The summed E-state index contributed by atoms with van der Waals surface area (Å²) < 4.78 is 22.2. The molecule has 0 aliphatic rings. The molecule has 0 atom stereocenters. The van der Waals surface area contributed by atoms with E-state index in [9.17, 15) is 0 Å². The summed E-state index contributed by atoms with van der Waals surface area (Å²) in [5.74, 6) is 0. The fourth-order valence-corrected chi connectivity index (χ4v) is 9.28. The van der Waals surface area contributed by atoms with Crippen LogP contribution < -0.4 is 0 Å². The average molecular weight is 517 g/mol. The SMILES string of the molecule is c1cc2c(o1)c1ccsc1c1c2c2c3sccc3c3occc3c2c2c3sccc3c3occc3c12. The quantitative estimate of drug-likeness (QED) is 0.188. The molecule has 0 amide bonds. The zero-order valence-corrected chi connectivity index (χ0v) is 20.8. The van der Waals surface area contributed by atoms with E-state index < -0.39 is 0 Å². The summed E-state index contributed by atoms with van der Waals surface area (Å²) >= 11 is 5.36. The molecule has 0 aliphatic carbocycles. The molecular formula is C30H12O3S3. The summed E-state index contributed by atoms with van der Waals surface area (Å²) in [5, 5.41) is 21.1. The average Bonchev–Trinajstić information content (AvgIpc) is 3.73. The lowest BCUT2D eigenvalue weighted by Crippen LogP contribution is -1.88. The minimum atomic E-state index is 0.956. The first kappa shape index (κ1) is 18.4. The van der Waals surface area contributed by atoms with Gasteiger partial charge in [0.1, 0.15) is 16.7 Å². The summed E-state index contributed by atoms with van der Waals surface area (Å²) in [6, 6.07) is 13.0. The standard InChI is InChI=1S/C30H12O3S3/c1-7-31-25-13(1)19-22(28-16(25)4-10-34-28)20-14-2-9-33-27(14)18-6-12-36-30(18)24(20)21-15-3-8-32-26(15)17-5-11-35-29(17)23(19)21/h1-12H. The van der Waals surface area contributed by atoms with Gasteiger partial charge in [-0.2, -0.15) is 0 Å². The highest BCUT2D eigenvalue weighted by Gasteiger charge is 2.26. The number of hydrogen-bond acceptors (Lipinski definition) is 6. The molecule has 0 N–H and O–H groups in total. The second-order valence-electron chi connectivity index (χ2n) is 9.23. The van der Waals surface area contributed by atoms with Crippen molar-refractivity contribution in [3.8, 4) is 0 Å². The van der Waals surface area contributed by atoms with Gasteiger partial charge in [-0.25, -0.2) is 0 Å². The van der Waals surface area contributed by atoms with Gasteiger partial charge in [-0.05, 0) is 52.5 Å². The minimum absolute atomic E-state index is 0.956. The molecular weight excluding hydrogens is 505 g/mol. The molecule has 10 aromatic rings. The highest BCUT2D eigenvalue weighted by molar-refractivity contribution is 7.20. The maximum atomic E-state index is 6.13. The molecule has 0 aliphatic heterocycles. The molecule has 3 nitrogen and oxygen atoms in total. The van der Waals surface area contributed by atoms with Crippen molar-refractivity contribution in [1.82, 2.24) is 0 Å². The first-order chi connectivity index (χ1) is 17.9. The van der Waals surface area contributed by atoms with Gasteiger partial charge in [0.05, 0.1) is 18.8 Å². The third-order valence-corrected chi connectivity index (χ3v) is 10.5. The van der Waals surface area contributed by atoms with E-state index in [1.165, 1.54) is 62.6 Å². The zero-order chi connectivity index (χ0) is 23.1. The van der Waals surface area contributed by atoms with E-state index in [0.717, 1.165) is 32.9 Å². The molecule has 168 valence electrons. The second-order valence-corrected chi connectivity index (χ2v) is 12.0. The van der Waals surface area contributed by atoms with Crippen molar-refractivity contribution in [2.24, 2.45) is 0 Å². The normalized spacial score (nSPS) is 13.0. The van der Waals surface area contributed by atoms with Crippen LogP contribution in [0.15, 0.2) is 84.6 Å². The Morgan fingerprint density at radius 2 is 0.694 bits per heavy atom. The van der Waals surface area contributed by atoms with E-state index in [4.69, 9.17) is 13.3 Å². The van der Waals surface area contributed by atoms with Gasteiger partial charge in [0, 0.05) is 78.7 Å². The third kappa shape index (κ3) is 1.90. The summed E-state index contributed by atoms with van der Waals surface area (Å²) in [4.78, 5) is 0. The molecule has 0 bridgehead atoms. The van der Waals surface area contributed by atoms with Crippen LogP contribution >= 0.6 is 34.0 Å². The number of thiophene rings is 3. The van der Waals surface area contributed by atoms with Crippen LogP contribution in [0.1, 0.15) is 0 Å². The largest absolute Gasteiger partial charge is 0.464 e. The van der Waals surface area contributed by atoms with Crippen LogP contribution in [0.4, 0.5) is 0 Å². The fourth-order valence-electron chi connectivity index (χ4n) is 6.43. The summed E-state index contributed by atoms with van der Waals surface area (Å²) in [6.07, 6.45) is 5.49. The monoisotopic (exact) mass is 516 g/mol. The maximum Gasteiger partial charge on any atom is 0.143 e. The predicted molar refractivity (Wildman–Crippen MR) is 154 cm³/mol. The topological polar surface area (TPSA) is 39.4 Å². The van der Waals surface area contributed by atoms with Gasteiger partial charge in [-0.15, -0.1) is 34.0 Å². The second kappa shape index (κ2) is 6.10. The van der Waals surface area contributed by atoms with Crippen LogP contribution in [0.25, 0.3) is 95.5 Å². The van der Waals surface area contributed by atoms with Crippen LogP contribution in [0, 0.1) is 0 Å². The zero-order valence-electron chi connectivity index (χ0n) is 18.4. The first-order valence-electron chi connectivity index (χ1n) is 11.6. The van der Waals surface area contributed by atoms with E-state index in [-0.39, 0.29) is 0 Å². The molecule has 0 unspecified atom stereocenters. The molecule has 0 saturated heterocycles. The van der Waals surface area contributed by atoms with Crippen LogP contribution in [0.5, 0.6) is 0 Å². The molecule has 0 saturated carbocycles. The first-order valence-corrected chi connectivity index (χ1v) is 14.3. The van der Waals surface area contributed by atoms with Crippen molar-refractivity contribution >= 4 is 129 Å². The highest BCUT2D eigenvalue weighted by Crippen LogP contribution is 2.54. The van der Waals surface area contributed by atoms with Crippen molar-refractivity contribution in [2.75, 3.05) is 0 Å². The van der Waals surface area contributed by atoms with Crippen LogP contribution in [0.3, 0.4) is 0 Å². The molecule has 6 heterocycles. The lowest BCUT2D eigenvalue weighted by Gasteiger charge is -2.16. The van der Waals surface area contributed by atoms with Crippen LogP contribution in [-0.4, -0.2) is 0 Å². The Hall–Kier alpha value is -3.84. The Morgan fingerprint density at radius 3 is 1.03 bits per heavy atom. The predicted octanol–water partition coefficient (Wildman–Crippen LogP) is 11.0. The Morgan fingerprint density at radius 1 is 0.361 bits per heavy atom. The molecule has 0 radical (unpaired) electrons. The van der Waals surface area contributed by atoms with Crippen molar-refractivity contribution in [3.05, 3.63) is 71.3 Å². The molecule has 6 heteroatoms. The van der Waals surface area contributed by atoms with E-state index in [1.807, 2.05) is 18.8 Å². The van der Waals surface area contributed by atoms with Crippen molar-refractivity contribution in [3.63, 3.8) is 0 Å². The third-order valence-electron chi connectivity index (χ3n) is 7.71. The fraction of sp³-hybridized carbons (Fsp3) is 0. The van der Waals surface area contributed by atoms with Gasteiger partial charge in [-0.1, -0.05) is 0 Å². The van der Waals surface area contributed by atoms with Crippen molar-refractivity contribution in [1.29, 1.82) is 0 Å². The van der Waals surface area contributed by atoms with Gasteiger partial charge in [0.2, 0.25) is 0 Å². The number of furan rings is 3. The van der Waals surface area contributed by atoms with E-state index >= 15 is 0 Å². The van der Waals surface area contributed by atoms with Crippen LogP contribution in [-0.2, 0) is 0 Å². The number of fused-ring (bicyclic) bond motifs is 21. The summed E-state index contributed by atoms with van der Waals surface area (Å²) in [5.41, 5.74) is 2.87. The molecule has 0 fully saturated rings. The van der Waals surface area contributed by atoms with Gasteiger partial charge in [-0.3, -0.25) is 0 Å². The van der Waals surface area contributed by atoms with E-state index in [2.05, 4.69) is 52.5 Å². The van der Waals surface area contributed by atoms with E-state index in [1.54, 1.807) is 34.0 Å². The maximum absolute atomic E-state index is 6.13. The van der Waals surface area contributed by atoms with Crippen molar-refractivity contribution in [2.45, 2.75) is 0 Å². The molecule has 4 aromatic carbocycles. The Labute approximate surface area is 213 Å². The minimum Gasteiger partial charge on any atom is -0.464 e. The highest BCUT2D eigenvalue weighted by atomic mass is 32.1. The van der Waals surface area contributed by atoms with Crippen molar-refractivity contribution < 1.29 is 13.3 Å². The Bertz CT molecular complexity index is 2050.